The first-order chi connectivity index (χ1) is 13.7. The van der Waals surface area contributed by atoms with Crippen LogP contribution < -0.4 is 5.32 Å². The van der Waals surface area contributed by atoms with Crippen LogP contribution in [0.4, 0.5) is 18.9 Å². The summed E-state index contributed by atoms with van der Waals surface area (Å²) in [5.74, 6) is -0.277. The molecular formula is C20H15F3N4OS. The minimum Gasteiger partial charge on any atom is -0.320 e. The van der Waals surface area contributed by atoms with E-state index in [-0.39, 0.29) is 5.91 Å². The number of aryl methyl sites for hydroxylation is 2. The Labute approximate surface area is 167 Å². The minimum absolute atomic E-state index is 0.277. The fourth-order valence-electron chi connectivity index (χ4n) is 2.94. The van der Waals surface area contributed by atoms with Gasteiger partial charge in [0.25, 0.3) is 5.91 Å². The summed E-state index contributed by atoms with van der Waals surface area (Å²) >= 11 is 1.20. The van der Waals surface area contributed by atoms with Gasteiger partial charge in [-0.1, -0.05) is 0 Å². The third-order valence-electron chi connectivity index (χ3n) is 4.49. The van der Waals surface area contributed by atoms with Crippen LogP contribution in [0.25, 0.3) is 20.8 Å². The van der Waals surface area contributed by atoms with Gasteiger partial charge in [0.15, 0.2) is 0 Å². The predicted molar refractivity (Wildman–Crippen MR) is 106 cm³/mol. The molecule has 1 amide bonds. The van der Waals surface area contributed by atoms with Gasteiger partial charge < -0.3 is 5.32 Å². The average Bonchev–Trinajstić information content (AvgIpc) is 3.27. The lowest BCUT2D eigenvalue weighted by atomic mass is 10.1. The van der Waals surface area contributed by atoms with Crippen molar-refractivity contribution in [1.29, 1.82) is 0 Å². The molecule has 4 aromatic rings. The smallest absolute Gasteiger partial charge is 0.320 e. The van der Waals surface area contributed by atoms with Crippen molar-refractivity contribution in [1.82, 2.24) is 14.8 Å². The van der Waals surface area contributed by atoms with E-state index >= 15 is 0 Å². The van der Waals surface area contributed by atoms with Gasteiger partial charge >= 0.3 is 6.18 Å². The van der Waals surface area contributed by atoms with E-state index in [9.17, 15) is 18.0 Å². The van der Waals surface area contributed by atoms with E-state index in [0.29, 0.717) is 26.6 Å². The molecule has 4 rings (SSSR count). The molecule has 148 valence electrons. The number of fused-ring (bicyclic) bond motifs is 1. The van der Waals surface area contributed by atoms with E-state index in [0.717, 1.165) is 23.3 Å². The molecule has 0 atom stereocenters. The Morgan fingerprint density at radius 3 is 2.59 bits per heavy atom. The zero-order valence-electron chi connectivity index (χ0n) is 15.4. The molecule has 2 aromatic carbocycles. The van der Waals surface area contributed by atoms with Crippen LogP contribution in [0.1, 0.15) is 21.6 Å². The van der Waals surface area contributed by atoms with Gasteiger partial charge in [-0.25, -0.2) is 4.98 Å². The number of carbonyl (C=O) groups is 1. The lowest BCUT2D eigenvalue weighted by molar-refractivity contribution is -0.137. The number of nitrogens with zero attached hydrogens (tertiary/aromatic N) is 3. The van der Waals surface area contributed by atoms with Gasteiger partial charge in [-0.3, -0.25) is 9.48 Å². The van der Waals surface area contributed by atoms with E-state index in [2.05, 4.69) is 15.4 Å². The van der Waals surface area contributed by atoms with Gasteiger partial charge in [0.1, 0.15) is 10.7 Å². The summed E-state index contributed by atoms with van der Waals surface area (Å²) in [4.78, 5) is 16.8. The Bertz CT molecular complexity index is 1230. The molecule has 0 saturated carbocycles. The first kappa shape index (κ1) is 19.1. The fraction of sp³-hybridized carbons (Fsp3) is 0.150. The van der Waals surface area contributed by atoms with E-state index in [1.807, 2.05) is 13.0 Å². The van der Waals surface area contributed by atoms with Crippen LogP contribution in [0.2, 0.25) is 0 Å². The van der Waals surface area contributed by atoms with E-state index in [1.165, 1.54) is 22.1 Å². The molecule has 0 saturated heterocycles. The standard InChI is InChI=1S/C20H15F3N4OS/c1-11-9-12(3-5-14(11)25-18(28)16-7-8-24-27(16)2)19-26-15-6-4-13(20(21,22)23)10-17(15)29-19/h3-10H,1-2H3,(H,25,28). The van der Waals surface area contributed by atoms with Gasteiger partial charge in [-0.05, 0) is 55.0 Å². The van der Waals surface area contributed by atoms with Crippen LogP contribution in [-0.2, 0) is 13.2 Å². The molecule has 2 aromatic heterocycles. The molecule has 0 aliphatic heterocycles. The number of halogens is 3. The number of rotatable bonds is 3. The SMILES string of the molecule is Cc1cc(-c2nc3ccc(C(F)(F)F)cc3s2)ccc1NC(=O)c1ccnn1C. The van der Waals surface area contributed by atoms with Gasteiger partial charge in [-0.15, -0.1) is 11.3 Å². The number of amides is 1. The number of hydrogen-bond donors (Lipinski definition) is 1. The van der Waals surface area contributed by atoms with Gasteiger partial charge in [0.2, 0.25) is 0 Å². The Hall–Kier alpha value is -3.20. The minimum atomic E-state index is -4.39. The summed E-state index contributed by atoms with van der Waals surface area (Å²) < 4.78 is 40.7. The second-order valence-electron chi connectivity index (χ2n) is 6.52. The summed E-state index contributed by atoms with van der Waals surface area (Å²) in [5, 5.41) is 7.43. The Morgan fingerprint density at radius 1 is 1.14 bits per heavy atom. The van der Waals surface area contributed by atoms with Crippen LogP contribution in [-0.4, -0.2) is 20.7 Å². The first-order valence-corrected chi connectivity index (χ1v) is 9.42. The molecule has 0 unspecified atom stereocenters. The third kappa shape index (κ3) is 3.73. The molecule has 0 aliphatic rings. The molecule has 0 spiro atoms. The second kappa shape index (κ2) is 7.00. The number of thiazole rings is 1. The topological polar surface area (TPSA) is 59.8 Å². The maximum Gasteiger partial charge on any atom is 0.416 e. The molecule has 0 radical (unpaired) electrons. The molecular weight excluding hydrogens is 401 g/mol. The molecule has 0 aliphatic carbocycles. The summed E-state index contributed by atoms with van der Waals surface area (Å²) in [6, 6.07) is 10.5. The van der Waals surface area contributed by atoms with Crippen molar-refractivity contribution in [2.75, 3.05) is 5.32 Å². The van der Waals surface area contributed by atoms with Crippen LogP contribution in [0, 0.1) is 6.92 Å². The van der Waals surface area contributed by atoms with E-state index in [4.69, 9.17) is 0 Å². The normalized spacial score (nSPS) is 11.8. The van der Waals surface area contributed by atoms with E-state index < -0.39 is 11.7 Å². The highest BCUT2D eigenvalue weighted by Crippen LogP contribution is 2.36. The Morgan fingerprint density at radius 2 is 1.93 bits per heavy atom. The highest BCUT2D eigenvalue weighted by atomic mass is 32.1. The van der Waals surface area contributed by atoms with Crippen molar-refractivity contribution in [3.8, 4) is 10.6 Å². The molecule has 5 nitrogen and oxygen atoms in total. The zero-order chi connectivity index (χ0) is 20.8. The molecule has 1 N–H and O–H groups in total. The van der Waals surface area contributed by atoms with E-state index in [1.54, 1.807) is 31.4 Å². The van der Waals surface area contributed by atoms with Crippen molar-refractivity contribution in [3.63, 3.8) is 0 Å². The van der Waals surface area contributed by atoms with Crippen molar-refractivity contribution < 1.29 is 18.0 Å². The predicted octanol–water partition coefficient (Wildman–Crippen LogP) is 5.28. The van der Waals surface area contributed by atoms with Gasteiger partial charge in [0, 0.05) is 24.5 Å². The van der Waals surface area contributed by atoms with Crippen molar-refractivity contribution in [3.05, 3.63) is 65.5 Å². The highest BCUT2D eigenvalue weighted by Gasteiger charge is 2.30. The monoisotopic (exact) mass is 416 g/mol. The Kier molecular flexibility index (Phi) is 4.62. The first-order valence-electron chi connectivity index (χ1n) is 8.60. The number of carbonyl (C=O) groups excluding carboxylic acids is 1. The summed E-state index contributed by atoms with van der Waals surface area (Å²) in [5.41, 5.74) is 2.48. The lowest BCUT2D eigenvalue weighted by Crippen LogP contribution is -2.16. The summed E-state index contributed by atoms with van der Waals surface area (Å²) in [6.07, 6.45) is -2.84. The lowest BCUT2D eigenvalue weighted by Gasteiger charge is -2.09. The number of alkyl halides is 3. The molecule has 9 heteroatoms. The summed E-state index contributed by atoms with van der Waals surface area (Å²) in [6.45, 7) is 1.84. The fourth-order valence-corrected chi connectivity index (χ4v) is 3.95. The van der Waals surface area contributed by atoms with Crippen LogP contribution in [0.3, 0.4) is 0 Å². The number of nitrogens with one attached hydrogen (secondary N) is 1. The maximum absolute atomic E-state index is 12.9. The number of anilines is 1. The van der Waals surface area contributed by atoms with Crippen LogP contribution >= 0.6 is 11.3 Å². The Balaban J connectivity index is 1.62. The zero-order valence-corrected chi connectivity index (χ0v) is 16.2. The molecule has 29 heavy (non-hydrogen) atoms. The largest absolute Gasteiger partial charge is 0.416 e. The van der Waals surface area contributed by atoms with Crippen molar-refractivity contribution in [2.24, 2.45) is 7.05 Å². The maximum atomic E-state index is 12.9. The molecule has 0 bridgehead atoms. The quantitative estimate of drug-likeness (QED) is 0.495. The van der Waals surface area contributed by atoms with Crippen LogP contribution in [0.5, 0.6) is 0 Å². The average molecular weight is 416 g/mol. The molecule has 0 fully saturated rings. The highest BCUT2D eigenvalue weighted by molar-refractivity contribution is 7.21. The van der Waals surface area contributed by atoms with Crippen molar-refractivity contribution in [2.45, 2.75) is 13.1 Å². The molecule has 2 heterocycles. The second-order valence-corrected chi connectivity index (χ2v) is 7.55. The van der Waals surface area contributed by atoms with Gasteiger partial charge in [0.05, 0.1) is 15.8 Å². The number of aromatic nitrogens is 3. The summed E-state index contributed by atoms with van der Waals surface area (Å²) in [7, 11) is 1.68. The van der Waals surface area contributed by atoms with Gasteiger partial charge in [-0.2, -0.15) is 18.3 Å². The number of hydrogen-bond acceptors (Lipinski definition) is 4. The third-order valence-corrected chi connectivity index (χ3v) is 5.56. The van der Waals surface area contributed by atoms with Crippen molar-refractivity contribution >= 4 is 33.1 Å². The number of benzene rings is 2. The van der Waals surface area contributed by atoms with Crippen LogP contribution in [0.15, 0.2) is 48.7 Å².